The lowest BCUT2D eigenvalue weighted by Crippen LogP contribution is -1.96. The van der Waals surface area contributed by atoms with Crippen LogP contribution in [0, 0.1) is 11.8 Å². The van der Waals surface area contributed by atoms with Crippen LogP contribution in [0.1, 0.15) is 62.5 Å². The first-order valence-electron chi connectivity index (χ1n) is 8.39. The molecule has 0 heteroatoms. The Morgan fingerprint density at radius 1 is 0.600 bits per heavy atom. The van der Waals surface area contributed by atoms with E-state index in [1.165, 1.54) is 62.5 Å². The molecule has 0 spiro atoms. The van der Waals surface area contributed by atoms with Crippen LogP contribution in [0.25, 0.3) is 11.1 Å². The van der Waals surface area contributed by atoms with Gasteiger partial charge in [0.25, 0.3) is 0 Å². The topological polar surface area (TPSA) is 0 Å². The van der Waals surface area contributed by atoms with Gasteiger partial charge in [-0.15, -0.1) is 0 Å². The third-order valence-corrected chi connectivity index (χ3v) is 6.20. The zero-order valence-corrected chi connectivity index (χ0v) is 12.1. The summed E-state index contributed by atoms with van der Waals surface area (Å²) in [6, 6.07) is 9.60. The van der Waals surface area contributed by atoms with E-state index in [0.29, 0.717) is 0 Å². The molecule has 0 radical (unpaired) electrons. The highest BCUT2D eigenvalue weighted by Gasteiger charge is 2.32. The molecule has 1 aromatic carbocycles. The van der Waals surface area contributed by atoms with Gasteiger partial charge in [0.1, 0.15) is 0 Å². The molecule has 4 aliphatic carbocycles. The standard InChI is InChI=1S/C20H22/c1-3-17-9-13(1)11-19(17)15-5-7-16(8-6-15)20-12-14-2-4-18(20)10-14/h5-8,13-14H,1-4,9-12H2. The quantitative estimate of drug-likeness (QED) is 0.650. The first-order valence-corrected chi connectivity index (χ1v) is 8.39. The Morgan fingerprint density at radius 2 is 1.05 bits per heavy atom. The van der Waals surface area contributed by atoms with E-state index in [1.807, 2.05) is 0 Å². The largest absolute Gasteiger partial charge is 0.0661 e. The minimum absolute atomic E-state index is 0.982. The zero-order chi connectivity index (χ0) is 13.1. The van der Waals surface area contributed by atoms with Crippen molar-refractivity contribution in [1.29, 1.82) is 0 Å². The van der Waals surface area contributed by atoms with Crippen LogP contribution in [-0.2, 0) is 0 Å². The molecule has 0 amide bonds. The van der Waals surface area contributed by atoms with Gasteiger partial charge >= 0.3 is 0 Å². The summed E-state index contributed by atoms with van der Waals surface area (Å²) in [7, 11) is 0. The van der Waals surface area contributed by atoms with Crippen LogP contribution in [-0.4, -0.2) is 0 Å². The summed E-state index contributed by atoms with van der Waals surface area (Å²) < 4.78 is 0. The van der Waals surface area contributed by atoms with Crippen LogP contribution in [0.5, 0.6) is 0 Å². The van der Waals surface area contributed by atoms with E-state index in [-0.39, 0.29) is 0 Å². The Hall–Kier alpha value is -1.30. The lowest BCUT2D eigenvalue weighted by molar-refractivity contribution is 0.582. The molecule has 4 aliphatic rings. The second kappa shape index (κ2) is 4.10. The van der Waals surface area contributed by atoms with Crippen molar-refractivity contribution in [3.8, 4) is 0 Å². The molecule has 0 nitrogen and oxygen atoms in total. The number of hydrogen-bond acceptors (Lipinski definition) is 0. The number of rotatable bonds is 2. The molecule has 4 bridgehead atoms. The SMILES string of the molecule is c1cc(C2=C3CCC(C3)C2)ccc1C1=C2CCC(C2)C1. The first-order chi connectivity index (χ1) is 9.87. The third-order valence-electron chi connectivity index (χ3n) is 6.20. The van der Waals surface area contributed by atoms with Crippen molar-refractivity contribution < 1.29 is 0 Å². The molecular weight excluding hydrogens is 240 g/mol. The predicted octanol–water partition coefficient (Wildman–Crippen LogP) is 5.60. The molecule has 0 heterocycles. The van der Waals surface area contributed by atoms with Gasteiger partial charge in [-0.1, -0.05) is 35.4 Å². The van der Waals surface area contributed by atoms with Crippen LogP contribution in [0.2, 0.25) is 0 Å². The van der Waals surface area contributed by atoms with Crippen LogP contribution >= 0.6 is 0 Å². The molecule has 2 atom stereocenters. The summed E-state index contributed by atoms with van der Waals surface area (Å²) in [5, 5.41) is 0. The lowest BCUT2D eigenvalue weighted by atomic mass is 9.90. The van der Waals surface area contributed by atoms with E-state index in [1.54, 1.807) is 22.3 Å². The highest BCUT2D eigenvalue weighted by molar-refractivity contribution is 5.76. The van der Waals surface area contributed by atoms with Crippen LogP contribution in [0.3, 0.4) is 0 Å². The van der Waals surface area contributed by atoms with Crippen molar-refractivity contribution in [2.24, 2.45) is 11.8 Å². The van der Waals surface area contributed by atoms with Crippen molar-refractivity contribution in [3.05, 3.63) is 46.5 Å². The van der Waals surface area contributed by atoms with E-state index in [0.717, 1.165) is 11.8 Å². The molecule has 2 saturated carbocycles. The Morgan fingerprint density at radius 3 is 1.35 bits per heavy atom. The van der Waals surface area contributed by atoms with E-state index in [4.69, 9.17) is 0 Å². The highest BCUT2D eigenvalue weighted by atomic mass is 14.4. The summed E-state index contributed by atoms with van der Waals surface area (Å²) in [6.07, 6.45) is 11.2. The van der Waals surface area contributed by atoms with Crippen LogP contribution in [0.15, 0.2) is 35.4 Å². The van der Waals surface area contributed by atoms with Crippen molar-refractivity contribution in [1.82, 2.24) is 0 Å². The van der Waals surface area contributed by atoms with E-state index in [2.05, 4.69) is 24.3 Å². The minimum atomic E-state index is 0.982. The molecule has 2 unspecified atom stereocenters. The molecule has 20 heavy (non-hydrogen) atoms. The van der Waals surface area contributed by atoms with Crippen molar-refractivity contribution in [2.75, 3.05) is 0 Å². The van der Waals surface area contributed by atoms with Crippen LogP contribution < -0.4 is 0 Å². The van der Waals surface area contributed by atoms with E-state index >= 15 is 0 Å². The van der Waals surface area contributed by atoms with Gasteiger partial charge in [0.15, 0.2) is 0 Å². The third kappa shape index (κ3) is 1.60. The summed E-state index contributed by atoms with van der Waals surface area (Å²) >= 11 is 0. The molecule has 0 aromatic heterocycles. The Kier molecular flexibility index (Phi) is 2.33. The lowest BCUT2D eigenvalue weighted by Gasteiger charge is -2.15. The van der Waals surface area contributed by atoms with Crippen LogP contribution in [0.4, 0.5) is 0 Å². The molecule has 2 fully saturated rings. The fraction of sp³-hybridized carbons (Fsp3) is 0.500. The van der Waals surface area contributed by atoms with Gasteiger partial charge < -0.3 is 0 Å². The van der Waals surface area contributed by atoms with Gasteiger partial charge in [-0.3, -0.25) is 0 Å². The molecule has 5 rings (SSSR count). The molecule has 1 aromatic rings. The van der Waals surface area contributed by atoms with Gasteiger partial charge in [-0.05, 0) is 85.5 Å². The summed E-state index contributed by atoms with van der Waals surface area (Å²) in [4.78, 5) is 0. The summed E-state index contributed by atoms with van der Waals surface area (Å²) in [5.41, 5.74) is 9.95. The van der Waals surface area contributed by atoms with Crippen molar-refractivity contribution in [2.45, 2.75) is 51.4 Å². The molecule has 102 valence electrons. The number of fused-ring (bicyclic) bond motifs is 4. The van der Waals surface area contributed by atoms with E-state index in [9.17, 15) is 0 Å². The maximum absolute atomic E-state index is 2.40. The van der Waals surface area contributed by atoms with E-state index < -0.39 is 0 Å². The smallest absolute Gasteiger partial charge is 0.0224 e. The molecule has 0 saturated heterocycles. The second-order valence-corrected chi connectivity index (χ2v) is 7.37. The fourth-order valence-electron chi connectivity index (χ4n) is 5.14. The molecule has 0 aliphatic heterocycles. The number of allylic oxidation sites excluding steroid dienone is 4. The van der Waals surface area contributed by atoms with Gasteiger partial charge in [-0.25, -0.2) is 0 Å². The number of hydrogen-bond donors (Lipinski definition) is 0. The van der Waals surface area contributed by atoms with Gasteiger partial charge in [0.2, 0.25) is 0 Å². The summed E-state index contributed by atoms with van der Waals surface area (Å²) in [6.45, 7) is 0. The second-order valence-electron chi connectivity index (χ2n) is 7.37. The molecular formula is C20H22. The first kappa shape index (κ1) is 11.4. The predicted molar refractivity (Wildman–Crippen MR) is 84.2 cm³/mol. The van der Waals surface area contributed by atoms with Gasteiger partial charge in [-0.2, -0.15) is 0 Å². The normalized spacial score (nSPS) is 31.0. The number of benzene rings is 1. The van der Waals surface area contributed by atoms with Crippen molar-refractivity contribution >= 4 is 11.1 Å². The maximum Gasteiger partial charge on any atom is -0.0224 e. The highest BCUT2D eigenvalue weighted by Crippen LogP contribution is 2.50. The molecule has 0 N–H and O–H groups in total. The average Bonchev–Trinajstić information content (AvgIpc) is 3.27. The minimum Gasteiger partial charge on any atom is -0.0661 e. The Bertz CT molecular complexity index is 570. The Balaban J connectivity index is 1.48. The maximum atomic E-state index is 2.40. The van der Waals surface area contributed by atoms with Gasteiger partial charge in [0, 0.05) is 0 Å². The van der Waals surface area contributed by atoms with Gasteiger partial charge in [0.05, 0.1) is 0 Å². The zero-order valence-electron chi connectivity index (χ0n) is 12.1. The average molecular weight is 262 g/mol. The van der Waals surface area contributed by atoms with Crippen molar-refractivity contribution in [3.63, 3.8) is 0 Å². The monoisotopic (exact) mass is 262 g/mol. The fourth-order valence-corrected chi connectivity index (χ4v) is 5.14. The summed E-state index contributed by atoms with van der Waals surface area (Å²) in [5.74, 6) is 1.96. The Labute approximate surface area is 121 Å².